The van der Waals surface area contributed by atoms with Gasteiger partial charge in [-0.05, 0) is 13.8 Å². The van der Waals surface area contributed by atoms with Crippen molar-refractivity contribution in [2.75, 3.05) is 13.2 Å². The molecular weight excluding hydrogens is 182 g/mol. The average Bonchev–Trinajstić information content (AvgIpc) is 2.73. The second-order valence-electron chi connectivity index (χ2n) is 3.51. The normalized spacial score (nSPS) is 27.1. The molecular formula is C9H15N3O2. The van der Waals surface area contributed by atoms with E-state index in [9.17, 15) is 0 Å². The molecule has 14 heavy (non-hydrogen) atoms. The molecule has 0 saturated carbocycles. The lowest BCUT2D eigenvalue weighted by Crippen LogP contribution is -2.21. The van der Waals surface area contributed by atoms with E-state index in [1.807, 2.05) is 13.8 Å². The summed E-state index contributed by atoms with van der Waals surface area (Å²) >= 11 is 0. The summed E-state index contributed by atoms with van der Waals surface area (Å²) in [6, 6.07) is 0. The first-order chi connectivity index (χ1) is 6.72. The molecule has 0 spiro atoms. The molecule has 0 amide bonds. The number of ether oxygens (including phenoxy) is 2. The van der Waals surface area contributed by atoms with Gasteiger partial charge in [0, 0.05) is 12.2 Å². The highest BCUT2D eigenvalue weighted by Crippen LogP contribution is 2.29. The maximum atomic E-state index is 5.61. The predicted molar refractivity (Wildman–Crippen MR) is 50.7 cm³/mol. The summed E-state index contributed by atoms with van der Waals surface area (Å²) in [5.41, 5.74) is 8.41. The molecule has 1 aliphatic heterocycles. The van der Waals surface area contributed by atoms with Crippen molar-refractivity contribution in [3.05, 3.63) is 17.0 Å². The van der Waals surface area contributed by atoms with Crippen molar-refractivity contribution < 1.29 is 9.47 Å². The van der Waals surface area contributed by atoms with E-state index in [2.05, 4.69) is 10.2 Å². The van der Waals surface area contributed by atoms with Crippen LogP contribution in [0.15, 0.2) is 0 Å². The van der Waals surface area contributed by atoms with Gasteiger partial charge in [-0.25, -0.2) is 0 Å². The van der Waals surface area contributed by atoms with Crippen molar-refractivity contribution in [3.8, 4) is 0 Å². The zero-order valence-electron chi connectivity index (χ0n) is 8.41. The molecule has 2 atom stereocenters. The standard InChI is InChI=1S/C9H15N3O2/c1-5-8(6(2)12-11-5)9-13-4-7(3-10)14-9/h7,9H,3-4,10H2,1-2H3,(H,11,12). The minimum atomic E-state index is -0.303. The SMILES string of the molecule is Cc1n[nH]c(C)c1C1OCC(CN)O1. The van der Waals surface area contributed by atoms with Gasteiger partial charge in [-0.1, -0.05) is 0 Å². The molecule has 2 rings (SSSR count). The fraction of sp³-hybridized carbons (Fsp3) is 0.667. The lowest BCUT2D eigenvalue weighted by molar-refractivity contribution is -0.0593. The third-order valence-corrected chi connectivity index (χ3v) is 2.43. The van der Waals surface area contributed by atoms with Gasteiger partial charge in [0.1, 0.15) is 0 Å². The Kier molecular flexibility index (Phi) is 2.54. The zero-order valence-corrected chi connectivity index (χ0v) is 8.41. The second-order valence-corrected chi connectivity index (χ2v) is 3.51. The third kappa shape index (κ3) is 1.54. The number of aromatic nitrogens is 2. The molecule has 0 aromatic carbocycles. The Labute approximate surface area is 82.6 Å². The molecule has 0 radical (unpaired) electrons. The lowest BCUT2D eigenvalue weighted by atomic mass is 10.2. The molecule has 2 heterocycles. The Balaban J connectivity index is 2.17. The van der Waals surface area contributed by atoms with E-state index >= 15 is 0 Å². The van der Waals surface area contributed by atoms with Crippen molar-refractivity contribution in [3.63, 3.8) is 0 Å². The summed E-state index contributed by atoms with van der Waals surface area (Å²) in [5.74, 6) is 0. The van der Waals surface area contributed by atoms with Crippen LogP contribution in [0.5, 0.6) is 0 Å². The molecule has 0 aliphatic carbocycles. The van der Waals surface area contributed by atoms with Crippen LogP contribution >= 0.6 is 0 Å². The molecule has 78 valence electrons. The van der Waals surface area contributed by atoms with Crippen LogP contribution < -0.4 is 5.73 Å². The van der Waals surface area contributed by atoms with E-state index in [1.165, 1.54) is 0 Å². The minimum absolute atomic E-state index is 0.00806. The fourth-order valence-electron chi connectivity index (χ4n) is 1.63. The number of nitrogens with one attached hydrogen (secondary N) is 1. The Morgan fingerprint density at radius 1 is 1.57 bits per heavy atom. The number of hydrogen-bond donors (Lipinski definition) is 2. The van der Waals surface area contributed by atoms with Crippen molar-refractivity contribution in [2.24, 2.45) is 5.73 Å². The zero-order chi connectivity index (χ0) is 10.1. The number of rotatable bonds is 2. The quantitative estimate of drug-likeness (QED) is 0.719. The Morgan fingerprint density at radius 3 is 2.86 bits per heavy atom. The summed E-state index contributed by atoms with van der Waals surface area (Å²) in [6.45, 7) is 4.94. The Morgan fingerprint density at radius 2 is 2.36 bits per heavy atom. The summed E-state index contributed by atoms with van der Waals surface area (Å²) in [4.78, 5) is 0. The number of nitrogens with zero attached hydrogens (tertiary/aromatic N) is 1. The van der Waals surface area contributed by atoms with Gasteiger partial charge in [0.25, 0.3) is 0 Å². The van der Waals surface area contributed by atoms with Crippen LogP contribution in [-0.4, -0.2) is 29.5 Å². The van der Waals surface area contributed by atoms with Crippen LogP contribution in [0.1, 0.15) is 23.2 Å². The maximum Gasteiger partial charge on any atom is 0.187 e. The molecule has 1 aromatic rings. The first-order valence-corrected chi connectivity index (χ1v) is 4.71. The van der Waals surface area contributed by atoms with Crippen LogP contribution in [0.4, 0.5) is 0 Å². The smallest absolute Gasteiger partial charge is 0.187 e. The molecule has 3 N–H and O–H groups in total. The van der Waals surface area contributed by atoms with Gasteiger partial charge in [0.05, 0.1) is 24.0 Å². The van der Waals surface area contributed by atoms with E-state index in [0.717, 1.165) is 17.0 Å². The van der Waals surface area contributed by atoms with Crippen LogP contribution in [0.3, 0.4) is 0 Å². The van der Waals surface area contributed by atoms with Gasteiger partial charge in [-0.3, -0.25) is 5.10 Å². The van der Waals surface area contributed by atoms with Gasteiger partial charge >= 0.3 is 0 Å². The van der Waals surface area contributed by atoms with Crippen molar-refractivity contribution in [1.82, 2.24) is 10.2 Å². The molecule has 1 aromatic heterocycles. The number of H-pyrrole nitrogens is 1. The van der Waals surface area contributed by atoms with E-state index in [-0.39, 0.29) is 12.4 Å². The van der Waals surface area contributed by atoms with Crippen LogP contribution in [0.25, 0.3) is 0 Å². The summed E-state index contributed by atoms with van der Waals surface area (Å²) in [7, 11) is 0. The van der Waals surface area contributed by atoms with Crippen LogP contribution in [0.2, 0.25) is 0 Å². The van der Waals surface area contributed by atoms with E-state index in [0.29, 0.717) is 13.2 Å². The highest BCUT2D eigenvalue weighted by molar-refractivity contribution is 5.24. The van der Waals surface area contributed by atoms with Crippen LogP contribution in [-0.2, 0) is 9.47 Å². The first-order valence-electron chi connectivity index (χ1n) is 4.71. The van der Waals surface area contributed by atoms with Gasteiger partial charge in [0.2, 0.25) is 0 Å². The molecule has 1 aliphatic rings. The number of aryl methyl sites for hydroxylation is 2. The van der Waals surface area contributed by atoms with Crippen molar-refractivity contribution >= 4 is 0 Å². The lowest BCUT2D eigenvalue weighted by Gasteiger charge is -2.10. The highest BCUT2D eigenvalue weighted by Gasteiger charge is 2.29. The van der Waals surface area contributed by atoms with Crippen molar-refractivity contribution in [1.29, 1.82) is 0 Å². The van der Waals surface area contributed by atoms with Gasteiger partial charge < -0.3 is 15.2 Å². The molecule has 1 saturated heterocycles. The predicted octanol–water partition coefficient (Wildman–Crippen LogP) is 0.399. The topological polar surface area (TPSA) is 73.2 Å². The largest absolute Gasteiger partial charge is 0.345 e. The Hall–Kier alpha value is -0.910. The van der Waals surface area contributed by atoms with E-state index in [1.54, 1.807) is 0 Å². The average molecular weight is 197 g/mol. The van der Waals surface area contributed by atoms with Gasteiger partial charge in [-0.15, -0.1) is 0 Å². The molecule has 1 fully saturated rings. The summed E-state index contributed by atoms with van der Waals surface area (Å²) in [5, 5.41) is 7.00. The molecule has 5 heteroatoms. The van der Waals surface area contributed by atoms with Gasteiger partial charge in [-0.2, -0.15) is 5.10 Å². The van der Waals surface area contributed by atoms with E-state index in [4.69, 9.17) is 15.2 Å². The number of nitrogens with two attached hydrogens (primary N) is 1. The molecule has 5 nitrogen and oxygen atoms in total. The molecule has 2 unspecified atom stereocenters. The highest BCUT2D eigenvalue weighted by atomic mass is 16.7. The van der Waals surface area contributed by atoms with Crippen molar-refractivity contribution in [2.45, 2.75) is 26.2 Å². The van der Waals surface area contributed by atoms with E-state index < -0.39 is 0 Å². The fourth-order valence-corrected chi connectivity index (χ4v) is 1.63. The monoisotopic (exact) mass is 197 g/mol. The maximum absolute atomic E-state index is 5.61. The minimum Gasteiger partial charge on any atom is -0.345 e. The first kappa shape index (κ1) is 9.64. The molecule has 0 bridgehead atoms. The summed E-state index contributed by atoms with van der Waals surface area (Å²) < 4.78 is 11.1. The Bertz CT molecular complexity index is 304. The summed E-state index contributed by atoms with van der Waals surface area (Å²) in [6.07, 6.45) is -0.295. The number of hydrogen-bond acceptors (Lipinski definition) is 4. The van der Waals surface area contributed by atoms with Gasteiger partial charge in [0.15, 0.2) is 6.29 Å². The second kappa shape index (κ2) is 3.68. The van der Waals surface area contributed by atoms with Crippen LogP contribution in [0, 0.1) is 13.8 Å². The third-order valence-electron chi connectivity index (χ3n) is 2.43. The number of aromatic amines is 1.